The largest absolute Gasteiger partial charge is 0.417 e. The molecule has 0 bridgehead atoms. The van der Waals surface area contributed by atoms with Gasteiger partial charge in [-0.05, 0) is 54.3 Å². The van der Waals surface area contributed by atoms with Crippen LogP contribution in [0.5, 0.6) is 0 Å². The fourth-order valence-electron chi connectivity index (χ4n) is 4.19. The van der Waals surface area contributed by atoms with Crippen molar-refractivity contribution in [3.63, 3.8) is 0 Å². The molecule has 1 unspecified atom stereocenters. The predicted molar refractivity (Wildman–Crippen MR) is 154 cm³/mol. The predicted octanol–water partition coefficient (Wildman–Crippen LogP) is 6.87. The van der Waals surface area contributed by atoms with E-state index in [1.807, 2.05) is 20.8 Å². The van der Waals surface area contributed by atoms with Crippen molar-refractivity contribution in [3.8, 4) is 0 Å². The second-order valence-corrected chi connectivity index (χ2v) is 11.0. The zero-order valence-corrected chi connectivity index (χ0v) is 23.5. The summed E-state index contributed by atoms with van der Waals surface area (Å²) >= 11 is 6.20. The summed E-state index contributed by atoms with van der Waals surface area (Å²) in [6.45, 7) is 7.34. The topological polar surface area (TPSA) is 119 Å². The smallest absolute Gasteiger partial charge is 0.394 e. The Balaban J connectivity index is 1.77. The van der Waals surface area contributed by atoms with Gasteiger partial charge in [0.25, 0.3) is 11.8 Å². The molecule has 1 heterocycles. The van der Waals surface area contributed by atoms with Crippen molar-refractivity contribution < 1.29 is 27.9 Å². The molecule has 41 heavy (non-hydrogen) atoms. The normalized spacial score (nSPS) is 12.7. The fourth-order valence-corrected chi connectivity index (χ4v) is 4.37. The van der Waals surface area contributed by atoms with Crippen LogP contribution in [0.1, 0.15) is 52.6 Å². The van der Waals surface area contributed by atoms with Crippen molar-refractivity contribution in [2.24, 2.45) is 5.41 Å². The van der Waals surface area contributed by atoms with Gasteiger partial charge >= 0.3 is 6.18 Å². The van der Waals surface area contributed by atoms with E-state index in [-0.39, 0.29) is 34.7 Å². The number of aromatic nitrogens is 2. The van der Waals surface area contributed by atoms with Crippen molar-refractivity contribution in [3.05, 3.63) is 81.9 Å². The molecule has 2 amide bonds. The van der Waals surface area contributed by atoms with E-state index in [0.29, 0.717) is 21.8 Å². The molecule has 0 aliphatic carbocycles. The van der Waals surface area contributed by atoms with Crippen LogP contribution in [-0.4, -0.2) is 39.5 Å². The molecule has 12 heteroatoms. The first-order chi connectivity index (χ1) is 19.2. The van der Waals surface area contributed by atoms with Crippen LogP contribution in [0.4, 0.5) is 30.5 Å². The summed E-state index contributed by atoms with van der Waals surface area (Å²) in [5.41, 5.74) is -0.237. The third kappa shape index (κ3) is 6.63. The summed E-state index contributed by atoms with van der Waals surface area (Å²) in [5.74, 6) is -1.33. The molecule has 0 aliphatic rings. The van der Waals surface area contributed by atoms with Crippen LogP contribution < -0.4 is 16.0 Å². The van der Waals surface area contributed by atoms with Gasteiger partial charge in [0.1, 0.15) is 5.52 Å². The Morgan fingerprint density at radius 3 is 2.34 bits per heavy atom. The number of amides is 2. The number of halogens is 4. The molecular formula is C29H29ClF3N5O3. The maximum atomic E-state index is 13.5. The van der Waals surface area contributed by atoms with Gasteiger partial charge in [0, 0.05) is 16.4 Å². The number of fused-ring (bicyclic) bond motifs is 1. The highest BCUT2D eigenvalue weighted by molar-refractivity contribution is 6.31. The molecule has 0 aliphatic heterocycles. The number of imidazole rings is 1. The lowest BCUT2D eigenvalue weighted by atomic mass is 9.87. The molecule has 1 atom stereocenters. The minimum atomic E-state index is -4.74. The number of aromatic amines is 1. The molecule has 1 aromatic heterocycles. The molecule has 8 nitrogen and oxygen atoms in total. The summed E-state index contributed by atoms with van der Waals surface area (Å²) in [6, 6.07) is 11.9. The van der Waals surface area contributed by atoms with Gasteiger partial charge in [0.05, 0.1) is 34.9 Å². The number of benzene rings is 3. The van der Waals surface area contributed by atoms with E-state index in [1.165, 1.54) is 24.3 Å². The molecule has 3 aromatic carbocycles. The number of carbonyl (C=O) groups is 2. The van der Waals surface area contributed by atoms with Crippen LogP contribution in [0.15, 0.2) is 54.6 Å². The van der Waals surface area contributed by atoms with Gasteiger partial charge in [-0.2, -0.15) is 13.2 Å². The zero-order chi connectivity index (χ0) is 30.1. The molecular weight excluding hydrogens is 559 g/mol. The van der Waals surface area contributed by atoms with Crippen LogP contribution in [-0.2, 0) is 6.18 Å². The number of hydrogen-bond acceptors (Lipinski definition) is 5. The van der Waals surface area contributed by atoms with Gasteiger partial charge in [0.15, 0.2) is 0 Å². The van der Waals surface area contributed by atoms with Gasteiger partial charge in [0.2, 0.25) is 5.95 Å². The van der Waals surface area contributed by atoms with E-state index in [4.69, 9.17) is 11.6 Å². The summed E-state index contributed by atoms with van der Waals surface area (Å²) in [6.07, 6.45) is -4.74. The SMILES string of the molecule is Cc1c(Cl)cccc1NC(=O)c1cc(NC(=O)c2ccccc2C(F)(F)F)cc2[nH]c(NC(CO)C(C)(C)C)nc12. The van der Waals surface area contributed by atoms with Crippen molar-refractivity contribution >= 4 is 51.8 Å². The summed E-state index contributed by atoms with van der Waals surface area (Å²) in [5, 5.41) is 18.7. The molecule has 4 aromatic rings. The van der Waals surface area contributed by atoms with E-state index in [0.717, 1.165) is 12.1 Å². The van der Waals surface area contributed by atoms with Gasteiger partial charge in [-0.15, -0.1) is 0 Å². The first-order valence-corrected chi connectivity index (χ1v) is 13.0. The summed E-state index contributed by atoms with van der Waals surface area (Å²) in [7, 11) is 0. The Bertz CT molecular complexity index is 1610. The third-order valence-electron chi connectivity index (χ3n) is 6.62. The lowest BCUT2D eigenvalue weighted by Gasteiger charge is -2.29. The zero-order valence-electron chi connectivity index (χ0n) is 22.7. The standard InChI is InChI=1S/C29H29ClF3N5O3/c1-15-20(30)10-7-11-21(15)35-26(41)18-12-16(34-25(40)17-8-5-6-9-19(17)29(31,32)33)13-22-24(18)38-27(36-22)37-23(14-39)28(2,3)4/h5-13,23,39H,14H2,1-4H3,(H,34,40)(H,35,41)(H2,36,37,38). The lowest BCUT2D eigenvalue weighted by Crippen LogP contribution is -2.37. The molecule has 216 valence electrons. The highest BCUT2D eigenvalue weighted by Crippen LogP contribution is 2.33. The van der Waals surface area contributed by atoms with Gasteiger partial charge in [-0.3, -0.25) is 9.59 Å². The minimum Gasteiger partial charge on any atom is -0.394 e. The number of alkyl halides is 3. The Morgan fingerprint density at radius 1 is 1.00 bits per heavy atom. The third-order valence-corrected chi connectivity index (χ3v) is 7.03. The van der Waals surface area contributed by atoms with Crippen molar-refractivity contribution in [1.82, 2.24) is 9.97 Å². The molecule has 0 saturated carbocycles. The molecule has 0 radical (unpaired) electrons. The van der Waals surface area contributed by atoms with Crippen molar-refractivity contribution in [2.45, 2.75) is 39.9 Å². The van der Waals surface area contributed by atoms with Gasteiger partial charge in [-0.25, -0.2) is 4.98 Å². The number of aliphatic hydroxyl groups excluding tert-OH is 1. The van der Waals surface area contributed by atoms with Gasteiger partial charge in [-0.1, -0.05) is 50.6 Å². The van der Waals surface area contributed by atoms with Crippen LogP contribution >= 0.6 is 11.6 Å². The summed E-state index contributed by atoms with van der Waals surface area (Å²) < 4.78 is 40.6. The number of nitrogens with one attached hydrogen (secondary N) is 4. The van der Waals surface area contributed by atoms with E-state index < -0.39 is 35.2 Å². The molecule has 0 fully saturated rings. The number of hydrogen-bond donors (Lipinski definition) is 5. The minimum absolute atomic E-state index is 0.0434. The molecule has 5 N–H and O–H groups in total. The average Bonchev–Trinajstić information content (AvgIpc) is 3.30. The second kappa shape index (κ2) is 11.4. The molecule has 4 rings (SSSR count). The maximum absolute atomic E-state index is 13.5. The Morgan fingerprint density at radius 2 is 1.68 bits per heavy atom. The summed E-state index contributed by atoms with van der Waals surface area (Å²) in [4.78, 5) is 34.0. The quantitative estimate of drug-likeness (QED) is 0.162. The van der Waals surface area contributed by atoms with Crippen molar-refractivity contribution in [2.75, 3.05) is 22.6 Å². The van der Waals surface area contributed by atoms with Crippen LogP contribution in [0.3, 0.4) is 0 Å². The maximum Gasteiger partial charge on any atom is 0.417 e. The van der Waals surface area contributed by atoms with Gasteiger partial charge < -0.3 is 26.0 Å². The Labute approximate surface area is 239 Å². The second-order valence-electron chi connectivity index (χ2n) is 10.6. The monoisotopic (exact) mass is 587 g/mol. The fraction of sp³-hybridized carbons (Fsp3) is 0.276. The van der Waals surface area contributed by atoms with E-state index >= 15 is 0 Å². The first-order valence-electron chi connectivity index (χ1n) is 12.6. The number of rotatable bonds is 7. The van der Waals surface area contributed by atoms with Crippen molar-refractivity contribution in [1.29, 1.82) is 0 Å². The van der Waals surface area contributed by atoms with E-state index in [1.54, 1.807) is 25.1 Å². The van der Waals surface area contributed by atoms with Crippen LogP contribution in [0, 0.1) is 12.3 Å². The lowest BCUT2D eigenvalue weighted by molar-refractivity contribution is -0.137. The van der Waals surface area contributed by atoms with E-state index in [2.05, 4.69) is 25.9 Å². The number of carbonyl (C=O) groups excluding carboxylic acids is 2. The molecule has 0 spiro atoms. The number of H-pyrrole nitrogens is 1. The first kappa shape index (κ1) is 29.9. The van der Waals surface area contributed by atoms with Crippen LogP contribution in [0.25, 0.3) is 11.0 Å². The number of anilines is 3. The van der Waals surface area contributed by atoms with E-state index in [9.17, 15) is 27.9 Å². The highest BCUT2D eigenvalue weighted by atomic mass is 35.5. The Hall–Kier alpha value is -4.09. The number of nitrogens with zero attached hydrogens (tertiary/aromatic N) is 1. The molecule has 0 saturated heterocycles. The Kier molecular flexibility index (Phi) is 8.32. The highest BCUT2D eigenvalue weighted by Gasteiger charge is 2.35. The number of aliphatic hydroxyl groups is 1. The average molecular weight is 588 g/mol. The van der Waals surface area contributed by atoms with Crippen LogP contribution in [0.2, 0.25) is 5.02 Å².